The Bertz CT molecular complexity index is 394. The van der Waals surface area contributed by atoms with Crippen molar-refractivity contribution in [2.24, 2.45) is 11.8 Å². The van der Waals surface area contributed by atoms with E-state index in [9.17, 15) is 9.59 Å². The van der Waals surface area contributed by atoms with E-state index in [-0.39, 0.29) is 30.0 Å². The van der Waals surface area contributed by atoms with Crippen LogP contribution in [0.1, 0.15) is 26.2 Å². The number of carbonyl (C=O) groups excluding carboxylic acids is 1. The summed E-state index contributed by atoms with van der Waals surface area (Å²) < 4.78 is 5.70. The van der Waals surface area contributed by atoms with Crippen LogP contribution in [0.5, 0.6) is 0 Å². The lowest BCUT2D eigenvalue weighted by Gasteiger charge is -2.41. The minimum absolute atomic E-state index is 0.0741. The van der Waals surface area contributed by atoms with Crippen LogP contribution in [0, 0.1) is 11.8 Å². The summed E-state index contributed by atoms with van der Waals surface area (Å²) >= 11 is 0. The quantitative estimate of drug-likeness (QED) is 0.788. The Kier molecular flexibility index (Phi) is 3.12. The van der Waals surface area contributed by atoms with E-state index >= 15 is 0 Å². The molecule has 3 aliphatic heterocycles. The predicted octanol–water partition coefficient (Wildman–Crippen LogP) is 0.668. The fourth-order valence-electron chi connectivity index (χ4n) is 3.24. The molecular weight excluding hydrogens is 248 g/mol. The van der Waals surface area contributed by atoms with Gasteiger partial charge in [-0.05, 0) is 19.3 Å². The van der Waals surface area contributed by atoms with Crippen LogP contribution in [-0.2, 0) is 9.53 Å². The van der Waals surface area contributed by atoms with Crippen LogP contribution in [0.3, 0.4) is 0 Å². The second-order valence-electron chi connectivity index (χ2n) is 5.96. The molecule has 0 aromatic rings. The minimum atomic E-state index is -0.786. The molecule has 3 aliphatic rings. The third kappa shape index (κ3) is 2.29. The van der Waals surface area contributed by atoms with E-state index < -0.39 is 5.97 Å². The van der Waals surface area contributed by atoms with Crippen molar-refractivity contribution < 1.29 is 19.4 Å². The average Bonchev–Trinajstić information content (AvgIpc) is 2.88. The molecule has 0 aromatic heterocycles. The van der Waals surface area contributed by atoms with E-state index in [4.69, 9.17) is 9.84 Å². The number of carboxylic acid groups (broad SMARTS) is 1. The molecule has 2 bridgehead atoms. The molecule has 106 valence electrons. The summed E-state index contributed by atoms with van der Waals surface area (Å²) in [6.07, 6.45) is 3.57. The highest BCUT2D eigenvalue weighted by molar-refractivity contribution is 5.76. The van der Waals surface area contributed by atoms with Gasteiger partial charge in [0.1, 0.15) is 0 Å². The first-order valence-electron chi connectivity index (χ1n) is 6.98. The number of hydrogen-bond donors (Lipinski definition) is 2. The summed E-state index contributed by atoms with van der Waals surface area (Å²) in [6.45, 7) is 2.79. The number of carboxylic acids is 1. The number of rotatable bonds is 3. The number of fused-ring (bicyclic) bond motifs is 2. The highest BCUT2D eigenvalue weighted by Crippen LogP contribution is 2.34. The van der Waals surface area contributed by atoms with Crippen LogP contribution < -0.4 is 5.32 Å². The van der Waals surface area contributed by atoms with Gasteiger partial charge >= 0.3 is 12.0 Å². The Balaban J connectivity index is 1.44. The monoisotopic (exact) mass is 268 g/mol. The topological polar surface area (TPSA) is 78.9 Å². The largest absolute Gasteiger partial charge is 0.481 e. The molecule has 0 aliphatic carbocycles. The first-order chi connectivity index (χ1) is 9.04. The van der Waals surface area contributed by atoms with Gasteiger partial charge in [-0.3, -0.25) is 4.79 Å². The van der Waals surface area contributed by atoms with E-state index in [2.05, 4.69) is 5.32 Å². The number of urea groups is 1. The van der Waals surface area contributed by atoms with Gasteiger partial charge in [0.15, 0.2) is 0 Å². The molecule has 2 N–H and O–H groups in total. The molecule has 3 rings (SSSR count). The number of aliphatic carboxylic acids is 1. The summed E-state index contributed by atoms with van der Waals surface area (Å²) in [4.78, 5) is 24.5. The Labute approximate surface area is 112 Å². The molecule has 19 heavy (non-hydrogen) atoms. The van der Waals surface area contributed by atoms with Gasteiger partial charge in [-0.1, -0.05) is 6.92 Å². The van der Waals surface area contributed by atoms with Crippen molar-refractivity contribution >= 4 is 12.0 Å². The van der Waals surface area contributed by atoms with Crippen molar-refractivity contribution in [3.63, 3.8) is 0 Å². The Morgan fingerprint density at radius 2 is 2.11 bits per heavy atom. The molecule has 2 amide bonds. The Morgan fingerprint density at radius 3 is 2.63 bits per heavy atom. The molecule has 0 radical (unpaired) electrons. The fourth-order valence-corrected chi connectivity index (χ4v) is 3.24. The first-order valence-corrected chi connectivity index (χ1v) is 6.98. The van der Waals surface area contributed by atoms with Crippen molar-refractivity contribution in [3.05, 3.63) is 0 Å². The second-order valence-corrected chi connectivity index (χ2v) is 5.96. The van der Waals surface area contributed by atoms with Gasteiger partial charge in [0, 0.05) is 19.0 Å². The molecule has 4 unspecified atom stereocenters. The van der Waals surface area contributed by atoms with Crippen molar-refractivity contribution in [1.29, 1.82) is 0 Å². The van der Waals surface area contributed by atoms with Crippen LogP contribution >= 0.6 is 0 Å². The normalized spacial score (nSPS) is 35.0. The lowest BCUT2D eigenvalue weighted by molar-refractivity contribution is -0.144. The number of hydrogen-bond acceptors (Lipinski definition) is 3. The number of amides is 2. The summed E-state index contributed by atoms with van der Waals surface area (Å²) in [5.74, 6) is -1.08. The summed E-state index contributed by atoms with van der Waals surface area (Å²) in [5, 5.41) is 11.9. The SMILES string of the molecule is CC(C(=O)O)C1CN(C(=O)NC2CC3CCC2O3)C1. The van der Waals surface area contributed by atoms with Gasteiger partial charge < -0.3 is 20.1 Å². The maximum atomic E-state index is 12.0. The molecule has 0 saturated carbocycles. The maximum absolute atomic E-state index is 12.0. The highest BCUT2D eigenvalue weighted by Gasteiger charge is 2.43. The van der Waals surface area contributed by atoms with E-state index in [1.807, 2.05) is 0 Å². The van der Waals surface area contributed by atoms with Gasteiger partial charge in [0.25, 0.3) is 0 Å². The van der Waals surface area contributed by atoms with Crippen LogP contribution in [0.25, 0.3) is 0 Å². The smallest absolute Gasteiger partial charge is 0.317 e. The van der Waals surface area contributed by atoms with Gasteiger partial charge in [-0.2, -0.15) is 0 Å². The van der Waals surface area contributed by atoms with Crippen LogP contribution in [0.4, 0.5) is 4.79 Å². The zero-order chi connectivity index (χ0) is 13.6. The standard InChI is InChI=1S/C13H20N2O4/c1-7(12(16)17)8-5-15(6-8)13(18)14-10-4-9-2-3-11(10)19-9/h7-11H,2-6H2,1H3,(H,14,18)(H,16,17). The predicted molar refractivity (Wildman–Crippen MR) is 66.7 cm³/mol. The van der Waals surface area contributed by atoms with Crippen LogP contribution in [0.2, 0.25) is 0 Å². The molecule has 3 fully saturated rings. The van der Waals surface area contributed by atoms with Crippen LogP contribution in [0.15, 0.2) is 0 Å². The van der Waals surface area contributed by atoms with Crippen molar-refractivity contribution in [1.82, 2.24) is 10.2 Å². The third-order valence-electron chi connectivity index (χ3n) is 4.71. The summed E-state index contributed by atoms with van der Waals surface area (Å²) in [7, 11) is 0. The first kappa shape index (κ1) is 12.7. The van der Waals surface area contributed by atoms with Gasteiger partial charge in [0.05, 0.1) is 24.2 Å². The number of nitrogens with one attached hydrogen (secondary N) is 1. The summed E-state index contributed by atoms with van der Waals surface area (Å²) in [5.41, 5.74) is 0. The number of nitrogens with zero attached hydrogens (tertiary/aromatic N) is 1. The molecule has 0 aromatic carbocycles. The van der Waals surface area contributed by atoms with E-state index in [1.165, 1.54) is 0 Å². The minimum Gasteiger partial charge on any atom is -0.481 e. The number of likely N-dealkylation sites (tertiary alicyclic amines) is 1. The highest BCUT2D eigenvalue weighted by atomic mass is 16.5. The molecule has 3 heterocycles. The van der Waals surface area contributed by atoms with Crippen molar-refractivity contribution in [2.45, 2.75) is 44.4 Å². The molecular formula is C13H20N2O4. The Morgan fingerprint density at radius 1 is 1.37 bits per heavy atom. The zero-order valence-electron chi connectivity index (χ0n) is 11.0. The molecule has 3 saturated heterocycles. The third-order valence-corrected chi connectivity index (χ3v) is 4.71. The fraction of sp³-hybridized carbons (Fsp3) is 0.846. The van der Waals surface area contributed by atoms with Gasteiger partial charge in [0.2, 0.25) is 0 Å². The lowest BCUT2D eigenvalue weighted by Crippen LogP contribution is -2.58. The van der Waals surface area contributed by atoms with E-state index in [1.54, 1.807) is 11.8 Å². The average molecular weight is 268 g/mol. The van der Waals surface area contributed by atoms with Crippen molar-refractivity contribution in [3.8, 4) is 0 Å². The van der Waals surface area contributed by atoms with Crippen molar-refractivity contribution in [2.75, 3.05) is 13.1 Å². The molecule has 6 nitrogen and oxygen atoms in total. The molecule has 0 spiro atoms. The lowest BCUT2D eigenvalue weighted by atomic mass is 9.87. The van der Waals surface area contributed by atoms with E-state index in [0.29, 0.717) is 19.2 Å². The zero-order valence-corrected chi connectivity index (χ0v) is 11.0. The Hall–Kier alpha value is -1.30. The molecule has 6 heteroatoms. The number of ether oxygens (including phenoxy) is 1. The van der Waals surface area contributed by atoms with Crippen LogP contribution in [-0.4, -0.2) is 53.3 Å². The summed E-state index contributed by atoms with van der Waals surface area (Å²) in [6, 6.07) is 0.0668. The molecule has 4 atom stereocenters. The second kappa shape index (κ2) is 4.67. The van der Waals surface area contributed by atoms with Gasteiger partial charge in [-0.15, -0.1) is 0 Å². The van der Waals surface area contributed by atoms with E-state index in [0.717, 1.165) is 19.3 Å². The number of carbonyl (C=O) groups is 2. The van der Waals surface area contributed by atoms with Gasteiger partial charge in [-0.25, -0.2) is 4.79 Å². The maximum Gasteiger partial charge on any atom is 0.317 e.